The molecule has 1 N–H and O–H groups in total. The highest BCUT2D eigenvalue weighted by atomic mass is 32.1. The number of rotatable bonds is 7. The highest BCUT2D eigenvalue weighted by Crippen LogP contribution is 2.25. The van der Waals surface area contributed by atoms with Crippen molar-refractivity contribution in [3.63, 3.8) is 0 Å². The molecule has 24 heavy (non-hydrogen) atoms. The number of hydrogen-bond acceptors (Lipinski definition) is 6. The van der Waals surface area contributed by atoms with Gasteiger partial charge in [-0.1, -0.05) is 23.5 Å². The SMILES string of the molecule is CCN(CCNc1nnc(-c2cccnc2)s1)c1cccc(C)c1. The van der Waals surface area contributed by atoms with Gasteiger partial charge in [0, 0.05) is 43.3 Å². The molecule has 124 valence electrons. The molecule has 0 amide bonds. The number of likely N-dealkylation sites (N-methyl/N-ethyl adjacent to an activating group) is 1. The molecule has 0 spiro atoms. The van der Waals surface area contributed by atoms with Crippen molar-refractivity contribution in [3.05, 3.63) is 54.4 Å². The van der Waals surface area contributed by atoms with E-state index in [1.54, 1.807) is 23.7 Å². The van der Waals surface area contributed by atoms with Crippen LogP contribution < -0.4 is 10.2 Å². The molecule has 2 heterocycles. The van der Waals surface area contributed by atoms with Gasteiger partial charge in [0.2, 0.25) is 5.13 Å². The summed E-state index contributed by atoms with van der Waals surface area (Å²) in [5, 5.41) is 13.5. The van der Waals surface area contributed by atoms with Gasteiger partial charge in [-0.15, -0.1) is 10.2 Å². The molecule has 0 aliphatic heterocycles. The fraction of sp³-hybridized carbons (Fsp3) is 0.278. The summed E-state index contributed by atoms with van der Waals surface area (Å²) in [5.41, 5.74) is 3.54. The van der Waals surface area contributed by atoms with Gasteiger partial charge in [0.05, 0.1) is 0 Å². The van der Waals surface area contributed by atoms with Crippen LogP contribution in [0.25, 0.3) is 10.6 Å². The Labute approximate surface area is 146 Å². The van der Waals surface area contributed by atoms with Gasteiger partial charge in [-0.2, -0.15) is 0 Å². The van der Waals surface area contributed by atoms with Crippen LogP contribution in [0, 0.1) is 6.92 Å². The van der Waals surface area contributed by atoms with Crippen LogP contribution in [-0.2, 0) is 0 Å². The molecule has 0 aliphatic rings. The maximum atomic E-state index is 4.23. The lowest BCUT2D eigenvalue weighted by atomic mass is 10.2. The van der Waals surface area contributed by atoms with Crippen molar-refractivity contribution >= 4 is 22.2 Å². The van der Waals surface area contributed by atoms with Crippen LogP contribution in [0.5, 0.6) is 0 Å². The summed E-state index contributed by atoms with van der Waals surface area (Å²) in [6, 6.07) is 12.5. The maximum Gasteiger partial charge on any atom is 0.206 e. The number of aryl methyl sites for hydroxylation is 1. The number of benzene rings is 1. The summed E-state index contributed by atoms with van der Waals surface area (Å²) in [6.45, 7) is 7.01. The van der Waals surface area contributed by atoms with Gasteiger partial charge in [0.15, 0.2) is 5.01 Å². The molecule has 3 aromatic rings. The van der Waals surface area contributed by atoms with E-state index in [9.17, 15) is 0 Å². The van der Waals surface area contributed by atoms with Crippen LogP contribution in [-0.4, -0.2) is 34.8 Å². The Kier molecular flexibility index (Phi) is 5.38. The second-order valence-electron chi connectivity index (χ2n) is 5.50. The van der Waals surface area contributed by atoms with Crippen molar-refractivity contribution in [2.45, 2.75) is 13.8 Å². The smallest absolute Gasteiger partial charge is 0.206 e. The third-order valence-electron chi connectivity index (χ3n) is 3.74. The largest absolute Gasteiger partial charge is 0.370 e. The predicted molar refractivity (Wildman–Crippen MR) is 101 cm³/mol. The van der Waals surface area contributed by atoms with Crippen molar-refractivity contribution in [1.82, 2.24) is 15.2 Å². The molecule has 1 aromatic carbocycles. The van der Waals surface area contributed by atoms with Crippen LogP contribution in [0.15, 0.2) is 48.8 Å². The summed E-state index contributed by atoms with van der Waals surface area (Å²) >= 11 is 1.55. The molecule has 2 aromatic heterocycles. The van der Waals surface area contributed by atoms with E-state index in [-0.39, 0.29) is 0 Å². The van der Waals surface area contributed by atoms with Gasteiger partial charge < -0.3 is 10.2 Å². The molecule has 0 fully saturated rings. The van der Waals surface area contributed by atoms with E-state index in [0.29, 0.717) is 0 Å². The molecular weight excluding hydrogens is 318 g/mol. The Morgan fingerprint density at radius 1 is 1.17 bits per heavy atom. The minimum absolute atomic E-state index is 0.823. The zero-order chi connectivity index (χ0) is 16.8. The van der Waals surface area contributed by atoms with Gasteiger partial charge in [-0.05, 0) is 43.7 Å². The van der Waals surface area contributed by atoms with Crippen LogP contribution in [0.1, 0.15) is 12.5 Å². The Hall–Kier alpha value is -2.47. The zero-order valence-corrected chi connectivity index (χ0v) is 14.8. The highest BCUT2D eigenvalue weighted by molar-refractivity contribution is 7.18. The van der Waals surface area contributed by atoms with Crippen molar-refractivity contribution < 1.29 is 0 Å². The summed E-state index contributed by atoms with van der Waals surface area (Å²) in [7, 11) is 0. The summed E-state index contributed by atoms with van der Waals surface area (Å²) in [5.74, 6) is 0. The summed E-state index contributed by atoms with van der Waals surface area (Å²) in [6.07, 6.45) is 3.56. The summed E-state index contributed by atoms with van der Waals surface area (Å²) in [4.78, 5) is 6.47. The number of nitrogens with one attached hydrogen (secondary N) is 1. The number of pyridine rings is 1. The number of nitrogens with zero attached hydrogens (tertiary/aromatic N) is 4. The third kappa shape index (κ3) is 4.08. The first-order valence-corrected chi connectivity index (χ1v) is 8.87. The quantitative estimate of drug-likeness (QED) is 0.708. The molecule has 0 unspecified atom stereocenters. The maximum absolute atomic E-state index is 4.23. The monoisotopic (exact) mass is 339 g/mol. The van der Waals surface area contributed by atoms with Crippen LogP contribution in [0.3, 0.4) is 0 Å². The molecule has 6 heteroatoms. The fourth-order valence-electron chi connectivity index (χ4n) is 2.49. The standard InChI is InChI=1S/C18H21N5S/c1-3-23(16-8-4-6-14(2)12-16)11-10-20-18-22-21-17(24-18)15-7-5-9-19-13-15/h4-9,12-13H,3,10-11H2,1-2H3,(H,20,22). The first-order chi connectivity index (χ1) is 11.8. The molecule has 0 saturated heterocycles. The van der Waals surface area contributed by atoms with Crippen molar-refractivity contribution in [2.24, 2.45) is 0 Å². The van der Waals surface area contributed by atoms with Gasteiger partial charge >= 0.3 is 0 Å². The molecule has 0 aliphatic carbocycles. The van der Waals surface area contributed by atoms with E-state index < -0.39 is 0 Å². The van der Waals surface area contributed by atoms with Crippen LogP contribution >= 0.6 is 11.3 Å². The normalized spacial score (nSPS) is 10.6. The Bertz CT molecular complexity index is 772. The molecular formula is C18H21N5S. The van der Waals surface area contributed by atoms with E-state index in [0.717, 1.165) is 35.3 Å². The molecule has 0 bridgehead atoms. The van der Waals surface area contributed by atoms with Gasteiger partial charge in [0.25, 0.3) is 0 Å². The molecule has 3 rings (SSSR count). The number of hydrogen-bond donors (Lipinski definition) is 1. The topological polar surface area (TPSA) is 53.9 Å². The van der Waals surface area contributed by atoms with E-state index >= 15 is 0 Å². The van der Waals surface area contributed by atoms with Crippen molar-refractivity contribution in [3.8, 4) is 10.6 Å². The third-order valence-corrected chi connectivity index (χ3v) is 4.67. The van der Waals surface area contributed by atoms with E-state index in [1.807, 2.05) is 12.1 Å². The summed E-state index contributed by atoms with van der Waals surface area (Å²) < 4.78 is 0. The second kappa shape index (κ2) is 7.88. The average Bonchev–Trinajstić information content (AvgIpc) is 3.08. The van der Waals surface area contributed by atoms with E-state index in [2.05, 4.69) is 63.5 Å². The van der Waals surface area contributed by atoms with Crippen LogP contribution in [0.4, 0.5) is 10.8 Å². The lowest BCUT2D eigenvalue weighted by molar-refractivity contribution is 0.832. The lowest BCUT2D eigenvalue weighted by Crippen LogP contribution is -2.28. The van der Waals surface area contributed by atoms with Gasteiger partial charge in [-0.25, -0.2) is 0 Å². The minimum atomic E-state index is 0.823. The zero-order valence-electron chi connectivity index (χ0n) is 13.9. The lowest BCUT2D eigenvalue weighted by Gasteiger charge is -2.23. The van der Waals surface area contributed by atoms with Crippen molar-refractivity contribution in [1.29, 1.82) is 0 Å². The molecule has 5 nitrogen and oxygen atoms in total. The average molecular weight is 339 g/mol. The fourth-order valence-corrected chi connectivity index (χ4v) is 3.25. The number of anilines is 2. The van der Waals surface area contributed by atoms with E-state index in [1.165, 1.54) is 11.3 Å². The first-order valence-electron chi connectivity index (χ1n) is 8.05. The first kappa shape index (κ1) is 16.4. The molecule has 0 radical (unpaired) electrons. The highest BCUT2D eigenvalue weighted by Gasteiger charge is 2.08. The molecule has 0 atom stereocenters. The Balaban J connectivity index is 1.57. The predicted octanol–water partition coefficient (Wildman–Crippen LogP) is 3.85. The molecule has 0 saturated carbocycles. The van der Waals surface area contributed by atoms with Crippen molar-refractivity contribution in [2.75, 3.05) is 29.9 Å². The van der Waals surface area contributed by atoms with Gasteiger partial charge in [-0.3, -0.25) is 4.98 Å². The van der Waals surface area contributed by atoms with Crippen LogP contribution in [0.2, 0.25) is 0 Å². The second-order valence-corrected chi connectivity index (χ2v) is 6.48. The van der Waals surface area contributed by atoms with E-state index in [4.69, 9.17) is 0 Å². The Morgan fingerprint density at radius 2 is 2.08 bits per heavy atom. The minimum Gasteiger partial charge on any atom is -0.370 e. The van der Waals surface area contributed by atoms with Gasteiger partial charge in [0.1, 0.15) is 0 Å². The Morgan fingerprint density at radius 3 is 2.83 bits per heavy atom. The number of aromatic nitrogens is 3.